The van der Waals surface area contributed by atoms with E-state index in [1.54, 1.807) is 0 Å². The number of nitrogens with two attached hydrogens (primary N) is 1. The number of hydrogen-bond donors (Lipinski definition) is 1. The molecule has 144 valence electrons. The fourth-order valence-corrected chi connectivity index (χ4v) is 4.22. The van der Waals surface area contributed by atoms with E-state index in [1.165, 1.54) is 11.1 Å². The highest BCUT2D eigenvalue weighted by Crippen LogP contribution is 2.50. The second kappa shape index (κ2) is 7.29. The minimum Gasteiger partial charge on any atom is -0.378 e. The second-order valence-electron chi connectivity index (χ2n) is 8.34. The van der Waals surface area contributed by atoms with E-state index < -0.39 is 5.54 Å². The minimum atomic E-state index is -0.801. The molecule has 1 aliphatic heterocycles. The van der Waals surface area contributed by atoms with Gasteiger partial charge in [-0.3, -0.25) is 9.69 Å². The van der Waals surface area contributed by atoms with Crippen LogP contribution in [-0.4, -0.2) is 60.1 Å². The molecule has 0 bridgehead atoms. The fraction of sp³-hybridized carbons (Fsp3) is 0.667. The van der Waals surface area contributed by atoms with Crippen LogP contribution in [0, 0.1) is 12.3 Å². The number of amides is 1. The van der Waals surface area contributed by atoms with Gasteiger partial charge in [-0.05, 0) is 25.0 Å². The van der Waals surface area contributed by atoms with Crippen LogP contribution in [0.2, 0.25) is 0 Å². The molecule has 1 aliphatic carbocycles. The van der Waals surface area contributed by atoms with Crippen LogP contribution in [0.5, 0.6) is 0 Å². The zero-order chi connectivity index (χ0) is 18.9. The molecule has 0 aromatic heterocycles. The number of nitrogens with zero attached hydrogens (tertiary/aromatic N) is 2. The van der Waals surface area contributed by atoms with Crippen molar-refractivity contribution in [1.29, 1.82) is 0 Å². The van der Waals surface area contributed by atoms with E-state index in [-0.39, 0.29) is 17.4 Å². The summed E-state index contributed by atoms with van der Waals surface area (Å²) in [6, 6.07) is 8.51. The van der Waals surface area contributed by atoms with E-state index in [9.17, 15) is 4.79 Å². The monoisotopic (exact) mass is 359 g/mol. The van der Waals surface area contributed by atoms with Crippen LogP contribution in [-0.2, 0) is 16.1 Å². The summed E-state index contributed by atoms with van der Waals surface area (Å²) < 4.78 is 5.76. The molecular formula is C21H33N3O2. The predicted molar refractivity (Wildman–Crippen MR) is 104 cm³/mol. The van der Waals surface area contributed by atoms with Crippen molar-refractivity contribution < 1.29 is 9.53 Å². The summed E-state index contributed by atoms with van der Waals surface area (Å²) in [4.78, 5) is 17.5. The zero-order valence-electron chi connectivity index (χ0n) is 16.6. The molecule has 1 heterocycles. The molecule has 1 amide bonds. The number of piperazine rings is 1. The summed E-state index contributed by atoms with van der Waals surface area (Å²) in [7, 11) is 0. The Labute approximate surface area is 157 Å². The molecule has 1 aromatic rings. The van der Waals surface area contributed by atoms with Crippen molar-refractivity contribution in [3.05, 3.63) is 35.4 Å². The van der Waals surface area contributed by atoms with Crippen molar-refractivity contribution in [2.45, 2.75) is 52.3 Å². The number of carbonyl (C=O) groups excluding carboxylic acids is 1. The summed E-state index contributed by atoms with van der Waals surface area (Å²) >= 11 is 0. The van der Waals surface area contributed by atoms with Gasteiger partial charge in [0.25, 0.3) is 0 Å². The van der Waals surface area contributed by atoms with Crippen LogP contribution in [0.3, 0.4) is 0 Å². The predicted octanol–water partition coefficient (Wildman–Crippen LogP) is 2.17. The third kappa shape index (κ3) is 3.28. The summed E-state index contributed by atoms with van der Waals surface area (Å²) in [6.45, 7) is 13.2. The van der Waals surface area contributed by atoms with Crippen LogP contribution in [0.1, 0.15) is 38.3 Å². The maximum absolute atomic E-state index is 13.1. The lowest BCUT2D eigenvalue weighted by atomic mass is 9.54. The highest BCUT2D eigenvalue weighted by molar-refractivity contribution is 5.89. The first-order valence-electron chi connectivity index (χ1n) is 9.76. The number of carbonyl (C=O) groups is 1. The van der Waals surface area contributed by atoms with Crippen molar-refractivity contribution in [3.8, 4) is 0 Å². The standard InChI is InChI=1S/C21H33N3O2/c1-5-26-18-14-21(22,20(18,3)4)19(25)24-12-10-23(11-13-24)15-17-9-7-6-8-16(17)2/h6-9,18H,5,10-15,22H2,1-4H3. The lowest BCUT2D eigenvalue weighted by Crippen LogP contribution is -2.76. The number of rotatable bonds is 5. The summed E-state index contributed by atoms with van der Waals surface area (Å²) in [5.74, 6) is 0.0917. The molecule has 5 heteroatoms. The molecule has 1 saturated heterocycles. The highest BCUT2D eigenvalue weighted by atomic mass is 16.5. The first-order chi connectivity index (χ1) is 12.3. The largest absolute Gasteiger partial charge is 0.378 e. The molecule has 0 spiro atoms. The third-order valence-corrected chi connectivity index (χ3v) is 6.53. The maximum Gasteiger partial charge on any atom is 0.243 e. The topological polar surface area (TPSA) is 58.8 Å². The van der Waals surface area contributed by atoms with Gasteiger partial charge < -0.3 is 15.4 Å². The van der Waals surface area contributed by atoms with E-state index >= 15 is 0 Å². The molecule has 5 nitrogen and oxygen atoms in total. The molecule has 2 fully saturated rings. The van der Waals surface area contributed by atoms with Gasteiger partial charge >= 0.3 is 0 Å². The van der Waals surface area contributed by atoms with Crippen molar-refractivity contribution in [2.24, 2.45) is 11.1 Å². The molecule has 2 N–H and O–H groups in total. The van der Waals surface area contributed by atoms with E-state index in [0.29, 0.717) is 13.0 Å². The van der Waals surface area contributed by atoms with Crippen LogP contribution in [0.15, 0.2) is 24.3 Å². The Bertz CT molecular complexity index is 652. The average Bonchev–Trinajstić information content (AvgIpc) is 2.63. The first-order valence-corrected chi connectivity index (χ1v) is 9.76. The van der Waals surface area contributed by atoms with Gasteiger partial charge in [-0.2, -0.15) is 0 Å². The zero-order valence-corrected chi connectivity index (χ0v) is 16.6. The van der Waals surface area contributed by atoms with E-state index in [2.05, 4.69) is 49.9 Å². The van der Waals surface area contributed by atoms with Crippen LogP contribution < -0.4 is 5.73 Å². The first kappa shape index (κ1) is 19.3. The fourth-order valence-electron chi connectivity index (χ4n) is 4.22. The van der Waals surface area contributed by atoms with Crippen LogP contribution >= 0.6 is 0 Å². The van der Waals surface area contributed by atoms with Gasteiger partial charge in [-0.25, -0.2) is 0 Å². The molecule has 2 aliphatic rings. The van der Waals surface area contributed by atoms with Gasteiger partial charge in [0.05, 0.1) is 6.10 Å². The molecule has 2 atom stereocenters. The third-order valence-electron chi connectivity index (χ3n) is 6.53. The van der Waals surface area contributed by atoms with Gasteiger partial charge in [-0.15, -0.1) is 0 Å². The number of benzene rings is 1. The van der Waals surface area contributed by atoms with Crippen LogP contribution in [0.4, 0.5) is 0 Å². The molecular weight excluding hydrogens is 326 g/mol. The smallest absolute Gasteiger partial charge is 0.243 e. The Morgan fingerprint density at radius 2 is 1.88 bits per heavy atom. The SMILES string of the molecule is CCOC1CC(N)(C(=O)N2CCN(Cc3ccccc3C)CC2)C1(C)C. The molecule has 0 radical (unpaired) electrons. The van der Waals surface area contributed by atoms with Crippen molar-refractivity contribution in [1.82, 2.24) is 9.80 Å². The molecule has 2 unspecified atom stereocenters. The second-order valence-corrected chi connectivity index (χ2v) is 8.34. The quantitative estimate of drug-likeness (QED) is 0.875. The van der Waals surface area contributed by atoms with Gasteiger partial charge in [0, 0.05) is 51.2 Å². The van der Waals surface area contributed by atoms with Gasteiger partial charge in [0.2, 0.25) is 5.91 Å². The number of ether oxygens (including phenoxy) is 1. The Hall–Kier alpha value is -1.43. The normalized spacial score (nSPS) is 28.7. The van der Waals surface area contributed by atoms with E-state index in [0.717, 1.165) is 32.7 Å². The Morgan fingerprint density at radius 1 is 1.23 bits per heavy atom. The summed E-state index contributed by atoms with van der Waals surface area (Å²) in [5, 5.41) is 0. The molecule has 1 aromatic carbocycles. The van der Waals surface area contributed by atoms with Crippen molar-refractivity contribution in [2.75, 3.05) is 32.8 Å². The van der Waals surface area contributed by atoms with Crippen molar-refractivity contribution in [3.63, 3.8) is 0 Å². The minimum absolute atomic E-state index is 0.0730. The lowest BCUT2D eigenvalue weighted by molar-refractivity contribution is -0.180. The van der Waals surface area contributed by atoms with E-state index in [4.69, 9.17) is 10.5 Å². The Kier molecular flexibility index (Phi) is 5.42. The lowest BCUT2D eigenvalue weighted by Gasteiger charge is -2.59. The van der Waals surface area contributed by atoms with Gasteiger partial charge in [-0.1, -0.05) is 38.1 Å². The highest BCUT2D eigenvalue weighted by Gasteiger charge is 2.63. The average molecular weight is 360 g/mol. The molecule has 26 heavy (non-hydrogen) atoms. The maximum atomic E-state index is 13.1. The Morgan fingerprint density at radius 3 is 2.46 bits per heavy atom. The number of hydrogen-bond acceptors (Lipinski definition) is 4. The van der Waals surface area contributed by atoms with Crippen LogP contribution in [0.25, 0.3) is 0 Å². The van der Waals surface area contributed by atoms with E-state index in [1.807, 2.05) is 11.8 Å². The molecule has 3 rings (SSSR count). The summed E-state index contributed by atoms with van der Waals surface area (Å²) in [5.41, 5.74) is 8.13. The number of aryl methyl sites for hydroxylation is 1. The van der Waals surface area contributed by atoms with Crippen molar-refractivity contribution >= 4 is 5.91 Å². The Balaban J connectivity index is 1.57. The van der Waals surface area contributed by atoms with Gasteiger partial charge in [0.15, 0.2) is 0 Å². The molecule has 1 saturated carbocycles. The van der Waals surface area contributed by atoms with Gasteiger partial charge in [0.1, 0.15) is 5.54 Å². The summed E-state index contributed by atoms with van der Waals surface area (Å²) in [6.07, 6.45) is 0.694.